The first kappa shape index (κ1) is 13.3. The van der Waals surface area contributed by atoms with Crippen molar-refractivity contribution in [2.24, 2.45) is 0 Å². The zero-order valence-corrected chi connectivity index (χ0v) is 11.2. The minimum atomic E-state index is -3.52. The molecule has 5 nitrogen and oxygen atoms in total. The van der Waals surface area contributed by atoms with E-state index in [1.165, 1.54) is 9.21 Å². The predicted molar refractivity (Wildman–Crippen MR) is 67.6 cm³/mol. The average molecular weight is 289 g/mol. The van der Waals surface area contributed by atoms with Crippen LogP contribution in [0.3, 0.4) is 0 Å². The maximum absolute atomic E-state index is 12.2. The molecule has 0 aliphatic carbocycles. The zero-order valence-electron chi connectivity index (χ0n) is 9.62. The quantitative estimate of drug-likeness (QED) is 0.770. The first-order valence-corrected chi connectivity index (χ1v) is 7.42. The Balaban J connectivity index is 2.17. The van der Waals surface area contributed by atoms with Gasteiger partial charge >= 0.3 is 0 Å². The maximum atomic E-state index is 12.2. The Morgan fingerprint density at radius 1 is 1.22 bits per heavy atom. The molecule has 1 aromatic carbocycles. The molecule has 0 N–H and O–H groups in total. The summed E-state index contributed by atoms with van der Waals surface area (Å²) in [6.07, 6.45) is 0. The lowest BCUT2D eigenvalue weighted by Gasteiger charge is -2.17. The molecule has 1 aliphatic rings. The van der Waals surface area contributed by atoms with Gasteiger partial charge in [0.15, 0.2) is 0 Å². The Morgan fingerprint density at radius 3 is 2.50 bits per heavy atom. The molecule has 1 aliphatic heterocycles. The molecule has 18 heavy (non-hydrogen) atoms. The highest BCUT2D eigenvalue weighted by Gasteiger charge is 2.32. The number of amides is 1. The van der Waals surface area contributed by atoms with Gasteiger partial charge in [0, 0.05) is 13.1 Å². The number of benzene rings is 1. The second-order valence-corrected chi connectivity index (χ2v) is 6.13. The van der Waals surface area contributed by atoms with Crippen LogP contribution in [-0.2, 0) is 14.8 Å². The van der Waals surface area contributed by atoms with Crippen LogP contribution in [0.15, 0.2) is 35.2 Å². The number of carbonyl (C=O) groups is 1. The van der Waals surface area contributed by atoms with Crippen LogP contribution in [0.4, 0.5) is 0 Å². The van der Waals surface area contributed by atoms with Crippen molar-refractivity contribution in [3.8, 4) is 0 Å². The predicted octanol–water partition coefficient (Wildman–Crippen LogP) is 0.716. The van der Waals surface area contributed by atoms with E-state index in [0.29, 0.717) is 13.1 Å². The van der Waals surface area contributed by atoms with E-state index in [0.717, 1.165) is 0 Å². The monoisotopic (exact) mass is 288 g/mol. The molecule has 2 rings (SSSR count). The molecule has 0 bridgehead atoms. The molecule has 0 radical (unpaired) electrons. The van der Waals surface area contributed by atoms with Crippen molar-refractivity contribution in [1.29, 1.82) is 0 Å². The van der Waals surface area contributed by atoms with Gasteiger partial charge in [-0.05, 0) is 12.1 Å². The molecule has 0 aromatic heterocycles. The van der Waals surface area contributed by atoms with Crippen molar-refractivity contribution in [1.82, 2.24) is 9.21 Å². The normalized spacial score (nSPS) is 17.1. The second kappa shape index (κ2) is 5.26. The molecule has 7 heteroatoms. The maximum Gasteiger partial charge on any atom is 0.244 e. The van der Waals surface area contributed by atoms with E-state index in [1.54, 1.807) is 30.3 Å². The fourth-order valence-corrected chi connectivity index (χ4v) is 3.37. The number of sulfonamides is 1. The summed E-state index contributed by atoms with van der Waals surface area (Å²) in [7, 11) is -3.52. The van der Waals surface area contributed by atoms with Gasteiger partial charge in [0.1, 0.15) is 5.88 Å². The first-order valence-electron chi connectivity index (χ1n) is 5.44. The van der Waals surface area contributed by atoms with E-state index in [9.17, 15) is 13.2 Å². The third-order valence-electron chi connectivity index (χ3n) is 2.80. The van der Waals surface area contributed by atoms with Crippen molar-refractivity contribution < 1.29 is 13.2 Å². The van der Waals surface area contributed by atoms with Crippen LogP contribution in [0.2, 0.25) is 0 Å². The molecule has 0 spiro atoms. The Morgan fingerprint density at radius 2 is 1.89 bits per heavy atom. The van der Waals surface area contributed by atoms with E-state index < -0.39 is 10.0 Å². The van der Waals surface area contributed by atoms with E-state index in [2.05, 4.69) is 0 Å². The molecule has 98 valence electrons. The number of carbonyl (C=O) groups excluding carboxylic acids is 1. The van der Waals surface area contributed by atoms with E-state index >= 15 is 0 Å². The number of halogens is 1. The number of alkyl halides is 1. The lowest BCUT2D eigenvalue weighted by atomic mass is 10.4. The Kier molecular flexibility index (Phi) is 3.89. The van der Waals surface area contributed by atoms with Gasteiger partial charge in [0.05, 0.1) is 11.6 Å². The fourth-order valence-electron chi connectivity index (χ4n) is 1.79. The molecule has 1 aromatic rings. The van der Waals surface area contributed by atoms with Gasteiger partial charge in [-0.1, -0.05) is 18.2 Å². The number of hydrogen-bond acceptors (Lipinski definition) is 3. The Labute approximate surface area is 111 Å². The molecule has 1 amide bonds. The Bertz CT molecular complexity index is 532. The third-order valence-corrected chi connectivity index (χ3v) is 4.87. The smallest absolute Gasteiger partial charge is 0.244 e. The lowest BCUT2D eigenvalue weighted by molar-refractivity contribution is -0.127. The standard InChI is InChI=1S/C11H13ClN2O3S/c12-8-11(15)13-6-7-14(9-13)18(16,17)10-4-2-1-3-5-10/h1-5H,6-9H2. The average Bonchev–Trinajstić information content (AvgIpc) is 2.89. The van der Waals surface area contributed by atoms with Crippen molar-refractivity contribution >= 4 is 27.5 Å². The SMILES string of the molecule is O=C(CCl)N1CCN(S(=O)(=O)c2ccccc2)C1. The van der Waals surface area contributed by atoms with Gasteiger partial charge in [-0.3, -0.25) is 4.79 Å². The highest BCUT2D eigenvalue weighted by Crippen LogP contribution is 2.18. The first-order chi connectivity index (χ1) is 8.55. The van der Waals surface area contributed by atoms with Crippen LogP contribution < -0.4 is 0 Å². The van der Waals surface area contributed by atoms with Gasteiger partial charge < -0.3 is 4.90 Å². The topological polar surface area (TPSA) is 57.7 Å². The van der Waals surface area contributed by atoms with Crippen molar-refractivity contribution in [2.75, 3.05) is 25.6 Å². The van der Waals surface area contributed by atoms with Gasteiger partial charge in [0.25, 0.3) is 0 Å². The fraction of sp³-hybridized carbons (Fsp3) is 0.364. The molecule has 1 heterocycles. The van der Waals surface area contributed by atoms with Crippen molar-refractivity contribution in [2.45, 2.75) is 4.90 Å². The number of nitrogens with zero attached hydrogens (tertiary/aromatic N) is 2. The molecule has 1 fully saturated rings. The number of rotatable bonds is 3. The van der Waals surface area contributed by atoms with E-state index in [1.807, 2.05) is 0 Å². The summed E-state index contributed by atoms with van der Waals surface area (Å²) in [5.74, 6) is -0.374. The molecular weight excluding hydrogens is 276 g/mol. The van der Waals surface area contributed by atoms with E-state index in [4.69, 9.17) is 11.6 Å². The molecule has 0 saturated carbocycles. The minimum Gasteiger partial charge on any atom is -0.326 e. The summed E-state index contributed by atoms with van der Waals surface area (Å²) in [4.78, 5) is 13.1. The van der Waals surface area contributed by atoms with Crippen LogP contribution in [0.5, 0.6) is 0 Å². The van der Waals surface area contributed by atoms with Gasteiger partial charge in [-0.2, -0.15) is 4.31 Å². The van der Waals surface area contributed by atoms with E-state index in [-0.39, 0.29) is 23.4 Å². The highest BCUT2D eigenvalue weighted by atomic mass is 35.5. The highest BCUT2D eigenvalue weighted by molar-refractivity contribution is 7.89. The van der Waals surface area contributed by atoms with Crippen LogP contribution >= 0.6 is 11.6 Å². The molecular formula is C11H13ClN2O3S. The molecule has 0 atom stereocenters. The van der Waals surface area contributed by atoms with Crippen molar-refractivity contribution in [3.05, 3.63) is 30.3 Å². The van der Waals surface area contributed by atoms with Gasteiger partial charge in [-0.15, -0.1) is 11.6 Å². The summed E-state index contributed by atoms with van der Waals surface area (Å²) in [5, 5.41) is 0. The largest absolute Gasteiger partial charge is 0.326 e. The summed E-state index contributed by atoms with van der Waals surface area (Å²) in [6.45, 7) is 0.764. The Hall–Kier alpha value is -1.11. The summed E-state index contributed by atoms with van der Waals surface area (Å²) in [6, 6.07) is 8.18. The number of hydrogen-bond donors (Lipinski definition) is 0. The summed E-state index contributed by atoms with van der Waals surface area (Å²) in [5.41, 5.74) is 0. The molecule has 0 unspecified atom stereocenters. The minimum absolute atomic E-state index is 0.0722. The summed E-state index contributed by atoms with van der Waals surface area (Å²) < 4.78 is 25.8. The second-order valence-electron chi connectivity index (χ2n) is 3.93. The van der Waals surface area contributed by atoms with Crippen LogP contribution in [-0.4, -0.2) is 49.2 Å². The summed E-state index contributed by atoms with van der Waals surface area (Å²) >= 11 is 5.45. The van der Waals surface area contributed by atoms with Gasteiger partial charge in [-0.25, -0.2) is 8.42 Å². The van der Waals surface area contributed by atoms with Crippen LogP contribution in [0, 0.1) is 0 Å². The van der Waals surface area contributed by atoms with Crippen molar-refractivity contribution in [3.63, 3.8) is 0 Å². The third kappa shape index (κ3) is 2.50. The molecule has 1 saturated heterocycles. The lowest BCUT2D eigenvalue weighted by Crippen LogP contribution is -2.34. The van der Waals surface area contributed by atoms with Gasteiger partial charge in [0.2, 0.25) is 15.9 Å². The zero-order chi connectivity index (χ0) is 13.2. The van der Waals surface area contributed by atoms with Crippen LogP contribution in [0.25, 0.3) is 0 Å². The van der Waals surface area contributed by atoms with Crippen LogP contribution in [0.1, 0.15) is 0 Å².